The third-order valence-corrected chi connectivity index (χ3v) is 7.45. The molecule has 0 radical (unpaired) electrons. The van der Waals surface area contributed by atoms with Crippen LogP contribution in [0.1, 0.15) is 5.56 Å². The first-order valence-electron chi connectivity index (χ1n) is 13.7. The summed E-state index contributed by atoms with van der Waals surface area (Å²) in [7, 11) is 0. The van der Waals surface area contributed by atoms with Crippen LogP contribution in [0.3, 0.4) is 0 Å². The molecule has 0 unspecified atom stereocenters. The number of para-hydroxylation sites is 1. The molecular weight excluding hydrogens is 484 g/mol. The van der Waals surface area contributed by atoms with Crippen molar-refractivity contribution in [2.45, 2.75) is 6.92 Å². The van der Waals surface area contributed by atoms with Crippen molar-refractivity contribution in [1.82, 2.24) is 9.55 Å². The molecule has 190 valence electrons. The third-order valence-electron chi connectivity index (χ3n) is 7.45. The highest BCUT2D eigenvalue weighted by molar-refractivity contribution is 6.05. The van der Waals surface area contributed by atoms with Crippen LogP contribution in [0.15, 0.2) is 152 Å². The lowest BCUT2D eigenvalue weighted by Gasteiger charge is -2.16. The Kier molecular flexibility index (Phi) is 6.07. The van der Waals surface area contributed by atoms with E-state index >= 15 is 0 Å². The maximum Gasteiger partial charge on any atom is 0.138 e. The molecule has 0 fully saturated rings. The Morgan fingerprint density at radius 3 is 1.77 bits per heavy atom. The van der Waals surface area contributed by atoms with E-state index in [1.807, 2.05) is 6.07 Å². The highest BCUT2D eigenvalue weighted by Gasteiger charge is 2.22. The summed E-state index contributed by atoms with van der Waals surface area (Å²) < 4.78 is 2.35. The lowest BCUT2D eigenvalue weighted by molar-refractivity contribution is 1.05. The highest BCUT2D eigenvalue weighted by Crippen LogP contribution is 2.43. The zero-order valence-electron chi connectivity index (χ0n) is 22.3. The molecule has 40 heavy (non-hydrogen) atoms. The average molecular weight is 513 g/mol. The van der Waals surface area contributed by atoms with E-state index in [2.05, 4.69) is 157 Å². The first kappa shape index (κ1) is 23.9. The van der Waals surface area contributed by atoms with Gasteiger partial charge in [-0.1, -0.05) is 139 Å². The molecule has 0 saturated heterocycles. The molecule has 0 bridgehead atoms. The monoisotopic (exact) mass is 512 g/mol. The Morgan fingerprint density at radius 2 is 1.07 bits per heavy atom. The zero-order chi connectivity index (χ0) is 26.9. The summed E-state index contributed by atoms with van der Waals surface area (Å²) in [5, 5.41) is 1.21. The predicted molar refractivity (Wildman–Crippen MR) is 168 cm³/mol. The van der Waals surface area contributed by atoms with Gasteiger partial charge in [-0.2, -0.15) is 0 Å². The summed E-state index contributed by atoms with van der Waals surface area (Å²) in [5.41, 5.74) is 11.4. The van der Waals surface area contributed by atoms with Crippen LogP contribution in [-0.2, 0) is 0 Å². The van der Waals surface area contributed by atoms with Gasteiger partial charge in [-0.15, -0.1) is 0 Å². The summed E-state index contributed by atoms with van der Waals surface area (Å²) in [6, 6.07) is 53.6. The maximum atomic E-state index is 5.32. The van der Waals surface area contributed by atoms with Gasteiger partial charge in [0, 0.05) is 16.5 Å². The van der Waals surface area contributed by atoms with E-state index in [4.69, 9.17) is 4.98 Å². The topological polar surface area (TPSA) is 17.8 Å². The van der Waals surface area contributed by atoms with Gasteiger partial charge in [0.25, 0.3) is 0 Å². The lowest BCUT2D eigenvalue weighted by Crippen LogP contribution is -2.02. The number of nitrogens with zero attached hydrogens (tertiary/aromatic N) is 2. The van der Waals surface area contributed by atoms with E-state index in [0.717, 1.165) is 39.4 Å². The molecule has 0 spiro atoms. The van der Waals surface area contributed by atoms with Crippen LogP contribution in [0.25, 0.3) is 61.5 Å². The molecule has 0 saturated carbocycles. The molecular formula is C38H28N2. The number of hydrogen-bond acceptors (Lipinski definition) is 1. The van der Waals surface area contributed by atoms with Crippen molar-refractivity contribution in [2.75, 3.05) is 0 Å². The van der Waals surface area contributed by atoms with E-state index in [9.17, 15) is 0 Å². The Balaban J connectivity index is 1.60. The van der Waals surface area contributed by atoms with E-state index < -0.39 is 0 Å². The number of pyridine rings is 1. The number of fused-ring (bicyclic) bond motifs is 1. The molecule has 0 N–H and O–H groups in total. The molecule has 2 nitrogen and oxygen atoms in total. The molecule has 5 aromatic carbocycles. The molecule has 2 heterocycles. The quantitative estimate of drug-likeness (QED) is 0.224. The number of rotatable bonds is 5. The number of aryl methyl sites for hydroxylation is 1. The summed E-state index contributed by atoms with van der Waals surface area (Å²) in [6.07, 6.45) is 0. The van der Waals surface area contributed by atoms with Crippen molar-refractivity contribution in [1.29, 1.82) is 0 Å². The minimum absolute atomic E-state index is 0.897. The highest BCUT2D eigenvalue weighted by atomic mass is 15.1. The van der Waals surface area contributed by atoms with Crippen molar-refractivity contribution in [2.24, 2.45) is 0 Å². The number of hydrogen-bond donors (Lipinski definition) is 0. The molecule has 2 heteroatoms. The zero-order valence-corrected chi connectivity index (χ0v) is 22.3. The van der Waals surface area contributed by atoms with Crippen LogP contribution in [0.2, 0.25) is 0 Å². The van der Waals surface area contributed by atoms with Crippen LogP contribution >= 0.6 is 0 Å². The number of benzene rings is 5. The Hall–Kier alpha value is -5.21. The van der Waals surface area contributed by atoms with Crippen molar-refractivity contribution in [3.05, 3.63) is 157 Å². The maximum absolute atomic E-state index is 5.32. The third kappa shape index (κ3) is 4.30. The van der Waals surface area contributed by atoms with Gasteiger partial charge in [0.2, 0.25) is 0 Å². The van der Waals surface area contributed by atoms with Gasteiger partial charge in [0.05, 0.1) is 16.9 Å². The molecule has 0 aliphatic heterocycles. The molecule has 0 aliphatic rings. The van der Waals surface area contributed by atoms with Gasteiger partial charge in [0.1, 0.15) is 5.82 Å². The Labute approximate surface area is 234 Å². The SMILES string of the molecule is Cc1cccc(-c2c(-c3ccccc3)n(-c3cc(-c4ccccc4)cc(-c4ccccc4)n3)c3ccccc23)c1. The average Bonchev–Trinajstić information content (AvgIpc) is 3.37. The minimum Gasteiger partial charge on any atom is -0.293 e. The second kappa shape index (κ2) is 10.2. The molecule has 0 amide bonds. The van der Waals surface area contributed by atoms with E-state index in [-0.39, 0.29) is 0 Å². The normalized spacial score (nSPS) is 11.1. The smallest absolute Gasteiger partial charge is 0.138 e. The van der Waals surface area contributed by atoms with Crippen LogP contribution in [-0.4, -0.2) is 9.55 Å². The standard InChI is InChI=1S/C38H28N2/c1-27-14-13-21-31(24-27)37-33-22-11-12-23-35(33)40(38(37)30-19-9-4-10-20-30)36-26-32(28-15-5-2-6-16-28)25-34(39-36)29-17-7-3-8-18-29/h2-26H,1H3. The Morgan fingerprint density at radius 1 is 0.475 bits per heavy atom. The summed E-state index contributed by atoms with van der Waals surface area (Å²) in [5.74, 6) is 0.897. The van der Waals surface area contributed by atoms with E-state index in [1.165, 1.54) is 27.6 Å². The van der Waals surface area contributed by atoms with E-state index in [0.29, 0.717) is 0 Å². The van der Waals surface area contributed by atoms with E-state index in [1.54, 1.807) is 0 Å². The second-order valence-electron chi connectivity index (χ2n) is 10.1. The largest absolute Gasteiger partial charge is 0.293 e. The van der Waals surface area contributed by atoms with Gasteiger partial charge in [-0.05, 0) is 47.4 Å². The van der Waals surface area contributed by atoms with Crippen molar-refractivity contribution in [3.8, 4) is 50.6 Å². The van der Waals surface area contributed by atoms with Crippen LogP contribution in [0, 0.1) is 6.92 Å². The fourth-order valence-corrected chi connectivity index (χ4v) is 5.62. The van der Waals surface area contributed by atoms with Crippen molar-refractivity contribution >= 4 is 10.9 Å². The van der Waals surface area contributed by atoms with Gasteiger partial charge in [-0.25, -0.2) is 4.98 Å². The van der Waals surface area contributed by atoms with Gasteiger partial charge < -0.3 is 0 Å². The predicted octanol–water partition coefficient (Wildman–Crippen LogP) is 10.0. The van der Waals surface area contributed by atoms with Gasteiger partial charge in [0.15, 0.2) is 0 Å². The van der Waals surface area contributed by atoms with Crippen LogP contribution in [0.4, 0.5) is 0 Å². The summed E-state index contributed by atoms with van der Waals surface area (Å²) >= 11 is 0. The minimum atomic E-state index is 0.897. The molecule has 0 atom stereocenters. The van der Waals surface area contributed by atoms with Crippen LogP contribution < -0.4 is 0 Å². The lowest BCUT2D eigenvalue weighted by atomic mass is 9.97. The molecule has 7 aromatic rings. The van der Waals surface area contributed by atoms with Crippen molar-refractivity contribution < 1.29 is 0 Å². The fraction of sp³-hybridized carbons (Fsp3) is 0.0263. The molecule has 2 aromatic heterocycles. The van der Waals surface area contributed by atoms with Crippen molar-refractivity contribution in [3.63, 3.8) is 0 Å². The fourth-order valence-electron chi connectivity index (χ4n) is 5.62. The summed E-state index contributed by atoms with van der Waals surface area (Å²) in [6.45, 7) is 2.15. The van der Waals surface area contributed by atoms with Gasteiger partial charge >= 0.3 is 0 Å². The number of aromatic nitrogens is 2. The first-order valence-corrected chi connectivity index (χ1v) is 13.7. The molecule has 0 aliphatic carbocycles. The first-order chi connectivity index (χ1) is 19.8. The van der Waals surface area contributed by atoms with Gasteiger partial charge in [-0.3, -0.25) is 4.57 Å². The second-order valence-corrected chi connectivity index (χ2v) is 10.1. The van der Waals surface area contributed by atoms with Crippen LogP contribution in [0.5, 0.6) is 0 Å². The summed E-state index contributed by atoms with van der Waals surface area (Å²) in [4.78, 5) is 5.32. The Bertz CT molecular complexity index is 1880. The molecule has 7 rings (SSSR count).